The van der Waals surface area contributed by atoms with Gasteiger partial charge >= 0.3 is 0 Å². The summed E-state index contributed by atoms with van der Waals surface area (Å²) in [5.74, 6) is -0.323. The van der Waals surface area contributed by atoms with E-state index in [-0.39, 0.29) is 11.8 Å². The van der Waals surface area contributed by atoms with E-state index in [2.05, 4.69) is 53.8 Å². The highest BCUT2D eigenvalue weighted by Crippen LogP contribution is 2.38. The van der Waals surface area contributed by atoms with E-state index in [1.54, 1.807) is 12.1 Å². The van der Waals surface area contributed by atoms with Gasteiger partial charge in [0.15, 0.2) is 0 Å². The van der Waals surface area contributed by atoms with Gasteiger partial charge in [-0.05, 0) is 61.0 Å². The number of carbonyl (C=O) groups excluding carboxylic acids is 2. The van der Waals surface area contributed by atoms with E-state index < -0.39 is 0 Å². The monoisotopic (exact) mass is 496 g/mol. The quantitative estimate of drug-likeness (QED) is 0.225. The minimum atomic E-state index is -0.192. The highest BCUT2D eigenvalue weighted by atomic mass is 16.2. The lowest BCUT2D eigenvalue weighted by Gasteiger charge is -2.19. The lowest BCUT2D eigenvalue weighted by Crippen LogP contribution is -2.24. The van der Waals surface area contributed by atoms with E-state index in [1.165, 1.54) is 5.56 Å². The first-order valence-electron chi connectivity index (χ1n) is 13.2. The molecule has 0 fully saturated rings. The van der Waals surface area contributed by atoms with E-state index in [0.717, 1.165) is 49.3 Å². The Kier molecular flexibility index (Phi) is 8.75. The Bertz CT molecular complexity index is 1260. The van der Waals surface area contributed by atoms with Gasteiger partial charge in [0.2, 0.25) is 0 Å². The van der Waals surface area contributed by atoms with E-state index in [1.807, 2.05) is 48.5 Å². The highest BCUT2D eigenvalue weighted by Gasteiger charge is 2.29. The molecule has 0 saturated carbocycles. The molecule has 0 aromatic heterocycles. The Morgan fingerprint density at radius 3 is 2.30 bits per heavy atom. The molecule has 0 aliphatic carbocycles. The fraction of sp³-hybridized carbons (Fsp3) is 0.290. The van der Waals surface area contributed by atoms with Crippen LogP contribution in [0.2, 0.25) is 0 Å². The molecule has 6 heteroatoms. The van der Waals surface area contributed by atoms with Gasteiger partial charge in [-0.15, -0.1) is 0 Å². The van der Waals surface area contributed by atoms with Crippen molar-refractivity contribution in [2.75, 3.05) is 30.3 Å². The normalized spacial score (nSPS) is 13.8. The van der Waals surface area contributed by atoms with Gasteiger partial charge in [-0.1, -0.05) is 69.7 Å². The van der Waals surface area contributed by atoms with Crippen LogP contribution in [0.3, 0.4) is 0 Å². The summed E-state index contributed by atoms with van der Waals surface area (Å²) >= 11 is 0. The summed E-state index contributed by atoms with van der Waals surface area (Å²) in [6.45, 7) is 9.98. The van der Waals surface area contributed by atoms with Gasteiger partial charge < -0.3 is 16.0 Å². The fourth-order valence-corrected chi connectivity index (χ4v) is 4.46. The molecule has 1 aliphatic rings. The fourth-order valence-electron chi connectivity index (χ4n) is 4.46. The molecule has 0 unspecified atom stereocenters. The average Bonchev–Trinajstić information content (AvgIpc) is 3.26. The number of nitrogens with zero attached hydrogens (tertiary/aromatic N) is 1. The van der Waals surface area contributed by atoms with Crippen molar-refractivity contribution in [1.29, 1.82) is 0 Å². The minimum Gasteiger partial charge on any atom is -0.354 e. The molecule has 0 radical (unpaired) electrons. The Morgan fingerprint density at radius 1 is 0.892 bits per heavy atom. The van der Waals surface area contributed by atoms with Crippen LogP contribution in [0.15, 0.2) is 72.8 Å². The minimum absolute atomic E-state index is 0.132. The van der Waals surface area contributed by atoms with Crippen LogP contribution in [0.4, 0.5) is 11.4 Å². The van der Waals surface area contributed by atoms with Gasteiger partial charge in [0.25, 0.3) is 11.8 Å². The van der Waals surface area contributed by atoms with Crippen molar-refractivity contribution in [3.05, 3.63) is 95.1 Å². The number of fused-ring (bicyclic) bond motifs is 1. The first-order valence-corrected chi connectivity index (χ1v) is 13.2. The second-order valence-electron chi connectivity index (χ2n) is 9.22. The summed E-state index contributed by atoms with van der Waals surface area (Å²) in [5, 5.41) is 9.45. The van der Waals surface area contributed by atoms with E-state index in [4.69, 9.17) is 0 Å². The zero-order valence-corrected chi connectivity index (χ0v) is 21.9. The number of hydrogen-bond donors (Lipinski definition) is 3. The molecule has 6 nitrogen and oxygen atoms in total. The first-order chi connectivity index (χ1) is 18.0. The van der Waals surface area contributed by atoms with E-state index >= 15 is 0 Å². The van der Waals surface area contributed by atoms with Crippen LogP contribution in [0.25, 0.3) is 11.3 Å². The summed E-state index contributed by atoms with van der Waals surface area (Å²) in [6.07, 6.45) is 1.94. The third-order valence-electron chi connectivity index (χ3n) is 6.68. The van der Waals surface area contributed by atoms with Crippen molar-refractivity contribution < 1.29 is 9.59 Å². The van der Waals surface area contributed by atoms with Crippen LogP contribution in [-0.2, 0) is 11.3 Å². The molecule has 3 aromatic rings. The van der Waals surface area contributed by atoms with Crippen LogP contribution in [0.5, 0.6) is 0 Å². The first kappa shape index (κ1) is 26.2. The molecule has 3 aromatic carbocycles. The van der Waals surface area contributed by atoms with E-state index in [0.29, 0.717) is 29.1 Å². The maximum absolute atomic E-state index is 13.3. The molecule has 0 saturated heterocycles. The zero-order valence-electron chi connectivity index (χ0n) is 21.9. The van der Waals surface area contributed by atoms with Crippen molar-refractivity contribution in [2.24, 2.45) is 0 Å². The number of amides is 2. The second-order valence-corrected chi connectivity index (χ2v) is 9.22. The van der Waals surface area contributed by atoms with Gasteiger partial charge in [-0.2, -0.15) is 0 Å². The predicted octanol–water partition coefficient (Wildman–Crippen LogP) is 5.99. The predicted molar refractivity (Wildman–Crippen MR) is 152 cm³/mol. The molecule has 0 bridgehead atoms. The highest BCUT2D eigenvalue weighted by molar-refractivity contribution is 6.37. The van der Waals surface area contributed by atoms with Crippen molar-refractivity contribution in [2.45, 2.75) is 40.2 Å². The van der Waals surface area contributed by atoms with Crippen LogP contribution < -0.4 is 16.0 Å². The van der Waals surface area contributed by atoms with Crippen molar-refractivity contribution in [3.8, 4) is 0 Å². The maximum atomic E-state index is 13.3. The van der Waals surface area contributed by atoms with Crippen molar-refractivity contribution >= 4 is 34.5 Å². The molecule has 4 rings (SSSR count). The molecule has 3 N–H and O–H groups in total. The number of benzene rings is 3. The lowest BCUT2D eigenvalue weighted by atomic mass is 9.98. The number of rotatable bonds is 11. The summed E-state index contributed by atoms with van der Waals surface area (Å²) in [4.78, 5) is 28.4. The number of unbranched alkanes of at least 4 members (excludes halogenated alkanes) is 1. The summed E-state index contributed by atoms with van der Waals surface area (Å²) in [7, 11) is 0. The second kappa shape index (κ2) is 12.4. The SMILES string of the molecule is CCCCNC(=O)c1ccc2c(c1)/C(=C(/Nc1ccc(CN(CC)CC)cc1)c1ccccc1)C(=O)N2. The molecule has 1 heterocycles. The number of nitrogens with one attached hydrogen (secondary N) is 3. The Labute approximate surface area is 219 Å². The standard InChI is InChI=1S/C31H36N4O2/c1-4-7-19-32-30(36)24-15-18-27-26(20-24)28(31(37)34-27)29(23-11-9-8-10-12-23)33-25-16-13-22(14-17-25)21-35(5-2)6-3/h8-18,20,33H,4-7,19,21H2,1-3H3,(H,32,36)(H,34,37)/b29-28-. The summed E-state index contributed by atoms with van der Waals surface area (Å²) in [5.41, 5.74) is 6.22. The largest absolute Gasteiger partial charge is 0.354 e. The van der Waals surface area contributed by atoms with Crippen LogP contribution in [0, 0.1) is 0 Å². The smallest absolute Gasteiger partial charge is 0.258 e. The third-order valence-corrected chi connectivity index (χ3v) is 6.68. The molecule has 0 atom stereocenters. The van der Waals surface area contributed by atoms with Crippen LogP contribution >= 0.6 is 0 Å². The van der Waals surface area contributed by atoms with Gasteiger partial charge in [0, 0.05) is 35.6 Å². The van der Waals surface area contributed by atoms with E-state index in [9.17, 15) is 9.59 Å². The number of anilines is 2. The summed E-state index contributed by atoms with van der Waals surface area (Å²) in [6, 6.07) is 23.5. The maximum Gasteiger partial charge on any atom is 0.258 e. The molecule has 37 heavy (non-hydrogen) atoms. The van der Waals surface area contributed by atoms with Crippen LogP contribution in [0.1, 0.15) is 60.7 Å². The Morgan fingerprint density at radius 2 is 1.62 bits per heavy atom. The van der Waals surface area contributed by atoms with Gasteiger partial charge in [-0.25, -0.2) is 0 Å². The molecular formula is C31H36N4O2. The molecule has 192 valence electrons. The molecular weight excluding hydrogens is 460 g/mol. The number of hydrogen-bond acceptors (Lipinski definition) is 4. The molecule has 2 amide bonds. The van der Waals surface area contributed by atoms with Crippen LogP contribution in [-0.4, -0.2) is 36.3 Å². The Balaban J connectivity index is 1.70. The number of carbonyl (C=O) groups is 2. The lowest BCUT2D eigenvalue weighted by molar-refractivity contribution is -0.110. The Hall–Kier alpha value is -3.90. The van der Waals surface area contributed by atoms with Crippen molar-refractivity contribution in [1.82, 2.24) is 10.2 Å². The molecule has 1 aliphatic heterocycles. The average molecular weight is 497 g/mol. The zero-order chi connectivity index (χ0) is 26.2. The third kappa shape index (κ3) is 6.27. The van der Waals surface area contributed by atoms with Gasteiger partial charge in [-0.3, -0.25) is 14.5 Å². The molecule has 0 spiro atoms. The topological polar surface area (TPSA) is 73.5 Å². The van der Waals surface area contributed by atoms with Crippen molar-refractivity contribution in [3.63, 3.8) is 0 Å². The van der Waals surface area contributed by atoms with Gasteiger partial charge in [0.05, 0.1) is 11.3 Å². The van der Waals surface area contributed by atoms with Gasteiger partial charge in [0.1, 0.15) is 0 Å². The summed E-state index contributed by atoms with van der Waals surface area (Å²) < 4.78 is 0.